The van der Waals surface area contributed by atoms with Crippen molar-refractivity contribution in [3.05, 3.63) is 0 Å². The largest absolute Gasteiger partial charge is 0.317 e. The van der Waals surface area contributed by atoms with Crippen molar-refractivity contribution in [2.24, 2.45) is 5.92 Å². The normalized spacial score (nSPS) is 28.5. The maximum atomic E-state index is 12.5. The van der Waals surface area contributed by atoms with Gasteiger partial charge in [0.1, 0.15) is 0 Å². The van der Waals surface area contributed by atoms with E-state index in [0.717, 1.165) is 38.9 Å². The molecule has 1 N–H and O–H groups in total. The van der Waals surface area contributed by atoms with E-state index in [0.29, 0.717) is 24.3 Å². The molecule has 0 radical (unpaired) electrons. The molecule has 6 heteroatoms. The molecule has 2 aliphatic rings. The molecule has 0 spiro atoms. The Morgan fingerprint density at radius 3 is 2.76 bits per heavy atom. The number of rotatable bonds is 7. The number of unbranched alkanes of at least 4 members (excludes halogenated alkanes) is 1. The third kappa shape index (κ3) is 4.65. The second-order valence-electron chi connectivity index (χ2n) is 6.47. The molecule has 0 aromatic carbocycles. The van der Waals surface area contributed by atoms with Crippen molar-refractivity contribution < 1.29 is 8.42 Å². The Bertz CT molecular complexity index is 413. The molecule has 0 aliphatic carbocycles. The Morgan fingerprint density at radius 1 is 1.19 bits per heavy atom. The van der Waals surface area contributed by atoms with E-state index in [2.05, 4.69) is 24.2 Å². The molecule has 21 heavy (non-hydrogen) atoms. The summed E-state index contributed by atoms with van der Waals surface area (Å²) in [5.74, 6) is 0.847. The van der Waals surface area contributed by atoms with Gasteiger partial charge in [-0.25, -0.2) is 12.7 Å². The molecule has 0 aromatic heterocycles. The number of likely N-dealkylation sites (tertiary alicyclic amines) is 1. The third-order valence-electron chi connectivity index (χ3n) is 4.96. The summed E-state index contributed by atoms with van der Waals surface area (Å²) in [6, 6.07) is 0.596. The fourth-order valence-electron chi connectivity index (χ4n) is 3.71. The van der Waals surface area contributed by atoms with E-state index in [9.17, 15) is 8.42 Å². The molecule has 0 aromatic rings. The number of piperidine rings is 2. The molecule has 2 atom stereocenters. The van der Waals surface area contributed by atoms with Crippen LogP contribution in [0.3, 0.4) is 0 Å². The van der Waals surface area contributed by atoms with Gasteiger partial charge in [0.2, 0.25) is 10.0 Å². The van der Waals surface area contributed by atoms with Crippen molar-refractivity contribution in [3.63, 3.8) is 0 Å². The molecule has 2 rings (SSSR count). The molecule has 5 nitrogen and oxygen atoms in total. The highest BCUT2D eigenvalue weighted by Crippen LogP contribution is 2.30. The second-order valence-corrected chi connectivity index (χ2v) is 8.56. The molecule has 0 amide bonds. The van der Waals surface area contributed by atoms with Crippen LogP contribution in [0.5, 0.6) is 0 Å². The van der Waals surface area contributed by atoms with Crippen LogP contribution in [0.2, 0.25) is 0 Å². The lowest BCUT2D eigenvalue weighted by Crippen LogP contribution is -2.54. The van der Waals surface area contributed by atoms with Gasteiger partial charge in [-0.1, -0.05) is 6.92 Å². The van der Waals surface area contributed by atoms with Crippen LogP contribution in [0.15, 0.2) is 0 Å². The van der Waals surface area contributed by atoms with Crippen molar-refractivity contribution in [1.82, 2.24) is 14.5 Å². The van der Waals surface area contributed by atoms with Crippen LogP contribution in [-0.2, 0) is 10.0 Å². The third-order valence-corrected chi connectivity index (χ3v) is 6.88. The Labute approximate surface area is 130 Å². The Hall–Kier alpha value is -0.170. The summed E-state index contributed by atoms with van der Waals surface area (Å²) in [7, 11) is -0.869. The van der Waals surface area contributed by atoms with Gasteiger partial charge in [-0.2, -0.15) is 0 Å². The van der Waals surface area contributed by atoms with Crippen molar-refractivity contribution >= 4 is 10.0 Å². The summed E-state index contributed by atoms with van der Waals surface area (Å²) in [5, 5.41) is 3.24. The van der Waals surface area contributed by atoms with Gasteiger partial charge in [-0.3, -0.25) is 0 Å². The summed E-state index contributed by atoms with van der Waals surface area (Å²) in [5.41, 5.74) is 0. The van der Waals surface area contributed by atoms with E-state index in [4.69, 9.17) is 0 Å². The Balaban J connectivity index is 1.81. The first-order valence-corrected chi connectivity index (χ1v) is 10.0. The lowest BCUT2D eigenvalue weighted by Gasteiger charge is -2.45. The van der Waals surface area contributed by atoms with Crippen LogP contribution in [0, 0.1) is 5.92 Å². The zero-order chi connectivity index (χ0) is 15.3. The zero-order valence-corrected chi connectivity index (χ0v) is 14.4. The van der Waals surface area contributed by atoms with Crippen molar-refractivity contribution in [3.8, 4) is 0 Å². The predicted molar refractivity (Wildman–Crippen MR) is 86.9 cm³/mol. The van der Waals surface area contributed by atoms with Crippen LogP contribution in [0.1, 0.15) is 39.0 Å². The minimum atomic E-state index is -3.05. The quantitative estimate of drug-likeness (QED) is 0.715. The molecule has 2 saturated heterocycles. The topological polar surface area (TPSA) is 52.7 Å². The van der Waals surface area contributed by atoms with E-state index in [1.165, 1.54) is 19.4 Å². The van der Waals surface area contributed by atoms with Crippen LogP contribution >= 0.6 is 0 Å². The lowest BCUT2D eigenvalue weighted by molar-refractivity contribution is 0.0671. The van der Waals surface area contributed by atoms with E-state index in [1.807, 2.05) is 0 Å². The van der Waals surface area contributed by atoms with Gasteiger partial charge < -0.3 is 10.2 Å². The average Bonchev–Trinajstić information content (AvgIpc) is 2.47. The minimum Gasteiger partial charge on any atom is -0.317 e. The first-order valence-electron chi connectivity index (χ1n) is 8.43. The van der Waals surface area contributed by atoms with E-state index < -0.39 is 10.0 Å². The monoisotopic (exact) mass is 317 g/mol. The molecule has 0 bridgehead atoms. The Kier molecular flexibility index (Phi) is 6.47. The van der Waals surface area contributed by atoms with E-state index in [-0.39, 0.29) is 0 Å². The number of nitrogens with one attached hydrogen (secondary N) is 1. The van der Waals surface area contributed by atoms with Crippen LogP contribution in [0.25, 0.3) is 0 Å². The number of sulfonamides is 1. The highest BCUT2D eigenvalue weighted by atomic mass is 32.2. The standard InChI is InChI=1S/C15H31N3O2S/c1-3-16-9-4-5-12-21(19,20)18-11-8-15-14(13-18)7-6-10-17(15)2/h14-16H,3-13H2,1-2H3. The molecule has 124 valence electrons. The van der Waals surface area contributed by atoms with Gasteiger partial charge in [0.15, 0.2) is 0 Å². The molecule has 2 aliphatic heterocycles. The molecule has 2 unspecified atom stereocenters. The van der Waals surface area contributed by atoms with Gasteiger partial charge in [0.05, 0.1) is 5.75 Å². The fourth-order valence-corrected chi connectivity index (χ4v) is 5.34. The van der Waals surface area contributed by atoms with Gasteiger partial charge in [-0.05, 0) is 64.7 Å². The minimum absolute atomic E-state index is 0.311. The number of nitrogens with zero attached hydrogens (tertiary/aromatic N) is 2. The van der Waals surface area contributed by atoms with E-state index >= 15 is 0 Å². The van der Waals surface area contributed by atoms with E-state index in [1.54, 1.807) is 4.31 Å². The number of hydrogen-bond donors (Lipinski definition) is 1. The molecular weight excluding hydrogens is 286 g/mol. The highest BCUT2D eigenvalue weighted by molar-refractivity contribution is 7.89. The molecular formula is C15H31N3O2S. The highest BCUT2D eigenvalue weighted by Gasteiger charge is 2.37. The average molecular weight is 317 g/mol. The first-order chi connectivity index (χ1) is 10.0. The van der Waals surface area contributed by atoms with Crippen LogP contribution < -0.4 is 5.32 Å². The summed E-state index contributed by atoms with van der Waals surface area (Å²) >= 11 is 0. The summed E-state index contributed by atoms with van der Waals surface area (Å²) in [4.78, 5) is 2.43. The molecule has 2 fully saturated rings. The fraction of sp³-hybridized carbons (Fsp3) is 1.00. The van der Waals surface area contributed by atoms with Crippen molar-refractivity contribution in [2.45, 2.75) is 45.1 Å². The lowest BCUT2D eigenvalue weighted by atomic mass is 9.85. The van der Waals surface area contributed by atoms with Crippen LogP contribution in [0.4, 0.5) is 0 Å². The molecule has 2 heterocycles. The number of fused-ring (bicyclic) bond motifs is 1. The second kappa shape index (κ2) is 7.90. The maximum absolute atomic E-state index is 12.5. The Morgan fingerprint density at radius 2 is 2.00 bits per heavy atom. The van der Waals surface area contributed by atoms with Gasteiger partial charge >= 0.3 is 0 Å². The smallest absolute Gasteiger partial charge is 0.214 e. The van der Waals surface area contributed by atoms with Crippen LogP contribution in [-0.4, -0.2) is 69.2 Å². The summed E-state index contributed by atoms with van der Waals surface area (Å²) < 4.78 is 26.7. The maximum Gasteiger partial charge on any atom is 0.214 e. The summed E-state index contributed by atoms with van der Waals surface area (Å²) in [6.07, 6.45) is 5.09. The zero-order valence-electron chi connectivity index (χ0n) is 13.6. The summed E-state index contributed by atoms with van der Waals surface area (Å²) in [6.45, 7) is 6.56. The van der Waals surface area contributed by atoms with Gasteiger partial charge in [0.25, 0.3) is 0 Å². The van der Waals surface area contributed by atoms with Gasteiger partial charge in [-0.15, -0.1) is 0 Å². The van der Waals surface area contributed by atoms with Crippen molar-refractivity contribution in [2.75, 3.05) is 45.5 Å². The first kappa shape index (κ1) is 17.2. The van der Waals surface area contributed by atoms with Crippen molar-refractivity contribution in [1.29, 1.82) is 0 Å². The SMILES string of the molecule is CCNCCCCS(=O)(=O)N1CCC2C(CCCN2C)C1. The predicted octanol–water partition coefficient (Wildman–Crippen LogP) is 1.12. The van der Waals surface area contributed by atoms with Gasteiger partial charge in [0, 0.05) is 19.1 Å². The number of hydrogen-bond acceptors (Lipinski definition) is 4. The molecule has 0 saturated carbocycles.